The number of halogens is 4. The Kier molecular flexibility index (Phi) is 8.75. The molecule has 3 saturated heterocycles. The lowest BCUT2D eigenvalue weighted by atomic mass is 9.95. The van der Waals surface area contributed by atoms with Crippen LogP contribution in [-0.4, -0.2) is 98.4 Å². The van der Waals surface area contributed by atoms with Crippen LogP contribution in [0.15, 0.2) is 24.4 Å². The first kappa shape index (κ1) is 34.8. The summed E-state index contributed by atoms with van der Waals surface area (Å²) < 4.78 is 52.9. The summed E-state index contributed by atoms with van der Waals surface area (Å²) in [5.41, 5.74) is 5.59. The van der Waals surface area contributed by atoms with Gasteiger partial charge in [0, 0.05) is 55.5 Å². The molecule has 13 nitrogen and oxygen atoms in total. The fraction of sp³-hybridized carbons (Fsp3) is 0.400. The summed E-state index contributed by atoms with van der Waals surface area (Å²) in [6.45, 7) is 2.02. The van der Waals surface area contributed by atoms with E-state index in [1.807, 2.05) is 17.0 Å². The second kappa shape index (κ2) is 13.3. The maximum Gasteiger partial charge on any atom is 0.362 e. The molecule has 53 heavy (non-hydrogen) atoms. The van der Waals surface area contributed by atoms with E-state index in [9.17, 15) is 18.8 Å². The average molecular weight is 762 g/mol. The van der Waals surface area contributed by atoms with E-state index in [0.717, 1.165) is 35.5 Å². The predicted octanol–water partition coefficient (Wildman–Crippen LogP) is 5.88. The molecule has 1 amide bonds. The van der Waals surface area contributed by atoms with Gasteiger partial charge < -0.3 is 20.3 Å². The molecule has 3 aromatic heterocycles. The van der Waals surface area contributed by atoms with Crippen molar-refractivity contribution in [2.45, 2.75) is 49.9 Å². The van der Waals surface area contributed by atoms with Crippen LogP contribution in [0.5, 0.6) is 6.01 Å². The van der Waals surface area contributed by atoms with E-state index >= 15 is 4.39 Å². The quantitative estimate of drug-likeness (QED) is 0.219. The molecular weight excluding hydrogens is 731 g/mol. The SMILES string of the molecule is CN(C(=O)n1ncc(C#N)n1)C1CCN(c2nc(OC[C@@]34CCCN3C[C@H](F)C4)nc3c(F)c(-c4ccc(F)c5sc(N)c(C#N)c45)c(Cl)cc23)CC1. The molecule has 0 bridgehead atoms. The van der Waals surface area contributed by atoms with Crippen molar-refractivity contribution in [1.82, 2.24) is 34.8 Å². The van der Waals surface area contributed by atoms with Gasteiger partial charge in [0.15, 0.2) is 11.5 Å². The van der Waals surface area contributed by atoms with Gasteiger partial charge >= 0.3 is 12.0 Å². The molecule has 0 spiro atoms. The Morgan fingerprint density at radius 1 is 1.21 bits per heavy atom. The van der Waals surface area contributed by atoms with E-state index < -0.39 is 29.4 Å². The van der Waals surface area contributed by atoms with Gasteiger partial charge in [-0.3, -0.25) is 4.90 Å². The Hall–Kier alpha value is -5.23. The molecule has 2 aromatic carbocycles. The lowest BCUT2D eigenvalue weighted by Gasteiger charge is -2.37. The molecule has 3 aliphatic heterocycles. The number of ether oxygens (including phenoxy) is 1. The average Bonchev–Trinajstić information content (AvgIpc) is 3.93. The van der Waals surface area contributed by atoms with Crippen molar-refractivity contribution in [2.75, 3.05) is 50.5 Å². The van der Waals surface area contributed by atoms with Crippen LogP contribution in [0.2, 0.25) is 5.02 Å². The number of piperidine rings is 1. The number of hydrogen-bond acceptors (Lipinski definition) is 12. The summed E-state index contributed by atoms with van der Waals surface area (Å²) in [7, 11) is 1.64. The first-order chi connectivity index (χ1) is 25.5. The number of nitrogens with zero attached hydrogens (tertiary/aromatic N) is 10. The zero-order chi connectivity index (χ0) is 37.2. The van der Waals surface area contributed by atoms with Gasteiger partial charge in [-0.15, -0.1) is 16.4 Å². The summed E-state index contributed by atoms with van der Waals surface area (Å²) in [6, 6.07) is 7.17. The predicted molar refractivity (Wildman–Crippen MR) is 191 cm³/mol. The van der Waals surface area contributed by atoms with Crippen LogP contribution in [0.4, 0.5) is 28.8 Å². The number of fused-ring (bicyclic) bond motifs is 3. The number of carbonyl (C=O) groups is 1. The molecule has 18 heteroatoms. The van der Waals surface area contributed by atoms with Gasteiger partial charge in [0.25, 0.3) is 0 Å². The van der Waals surface area contributed by atoms with Crippen molar-refractivity contribution in [1.29, 1.82) is 10.5 Å². The van der Waals surface area contributed by atoms with Gasteiger partial charge in [0.2, 0.25) is 0 Å². The normalized spacial score (nSPS) is 20.5. The number of alkyl halides is 1. The van der Waals surface area contributed by atoms with Crippen molar-refractivity contribution in [2.24, 2.45) is 0 Å². The molecule has 0 aliphatic carbocycles. The van der Waals surface area contributed by atoms with E-state index in [4.69, 9.17) is 32.3 Å². The number of amides is 1. The van der Waals surface area contributed by atoms with Crippen LogP contribution in [0.3, 0.4) is 0 Å². The number of hydrogen-bond donors (Lipinski definition) is 1. The zero-order valence-corrected chi connectivity index (χ0v) is 29.9. The van der Waals surface area contributed by atoms with Gasteiger partial charge in [-0.2, -0.15) is 25.6 Å². The fourth-order valence-electron chi connectivity index (χ4n) is 8.04. The third kappa shape index (κ3) is 5.83. The van der Waals surface area contributed by atoms with Crippen molar-refractivity contribution in [3.63, 3.8) is 0 Å². The van der Waals surface area contributed by atoms with Crippen LogP contribution in [0, 0.1) is 34.3 Å². The van der Waals surface area contributed by atoms with Crippen molar-refractivity contribution in [3.05, 3.63) is 52.3 Å². The van der Waals surface area contributed by atoms with Gasteiger partial charge in [-0.1, -0.05) is 22.5 Å². The number of nitrogen functional groups attached to an aromatic ring is 1. The Labute approximate surface area is 309 Å². The van der Waals surface area contributed by atoms with Crippen molar-refractivity contribution in [3.8, 4) is 29.3 Å². The number of nitrogens with two attached hydrogens (primary N) is 1. The number of rotatable bonds is 6. The van der Waals surface area contributed by atoms with E-state index in [0.29, 0.717) is 50.1 Å². The smallest absolute Gasteiger partial charge is 0.362 e. The standard InChI is InChI=1S/C35H31ClF3N11O2S/c1-47(34(51)50-43-15-19(13-40)46-50)20-5-9-48(10-6-20)32-22-11-24(36)27(21-3-4-25(38)30-26(21)23(14-41)31(42)53-30)28(39)29(22)44-33(45-32)52-17-35-7-2-8-49(35)16-18(37)12-35/h3-4,11,15,18,20H,2,5-10,12,16-17,42H2,1H3/t18-,35+/m1/s1. The fourth-order valence-corrected chi connectivity index (χ4v) is 9.28. The summed E-state index contributed by atoms with van der Waals surface area (Å²) in [4.78, 5) is 28.8. The second-order valence-electron chi connectivity index (χ2n) is 13.6. The second-order valence-corrected chi connectivity index (χ2v) is 15.1. The van der Waals surface area contributed by atoms with Crippen LogP contribution in [0.25, 0.3) is 32.1 Å². The van der Waals surface area contributed by atoms with Gasteiger partial charge in [0.05, 0.1) is 27.0 Å². The van der Waals surface area contributed by atoms with E-state index in [-0.39, 0.29) is 66.7 Å². The number of benzene rings is 2. The number of thiophene rings is 1. The molecule has 3 aliphatic rings. The van der Waals surface area contributed by atoms with Crippen molar-refractivity contribution < 1.29 is 22.7 Å². The maximum absolute atomic E-state index is 17.1. The van der Waals surface area contributed by atoms with Crippen LogP contribution in [0.1, 0.15) is 43.4 Å². The lowest BCUT2D eigenvalue weighted by Crippen LogP contribution is -2.47. The number of nitriles is 2. The Morgan fingerprint density at radius 3 is 2.74 bits per heavy atom. The van der Waals surface area contributed by atoms with Crippen LogP contribution >= 0.6 is 22.9 Å². The van der Waals surface area contributed by atoms with E-state index in [2.05, 4.69) is 20.1 Å². The van der Waals surface area contributed by atoms with Crippen LogP contribution in [-0.2, 0) is 0 Å². The molecule has 0 saturated carbocycles. The monoisotopic (exact) mass is 761 g/mol. The summed E-state index contributed by atoms with van der Waals surface area (Å²) in [6.07, 6.45) is 3.22. The molecule has 272 valence electrons. The first-order valence-corrected chi connectivity index (χ1v) is 18.2. The highest BCUT2D eigenvalue weighted by Gasteiger charge is 2.49. The summed E-state index contributed by atoms with van der Waals surface area (Å²) in [5, 5.41) is 27.3. The minimum absolute atomic E-state index is 0.0146. The number of carbonyl (C=O) groups excluding carboxylic acids is 1. The molecule has 2 atom stereocenters. The van der Waals surface area contributed by atoms with E-state index in [1.54, 1.807) is 13.1 Å². The number of aromatic nitrogens is 5. The summed E-state index contributed by atoms with van der Waals surface area (Å²) >= 11 is 7.75. The maximum atomic E-state index is 17.1. The first-order valence-electron chi connectivity index (χ1n) is 17.0. The third-order valence-corrected chi connectivity index (χ3v) is 12.0. The molecule has 2 N–H and O–H groups in total. The molecule has 0 unspecified atom stereocenters. The molecular formula is C35H31ClF3N11O2S. The molecule has 0 radical (unpaired) electrons. The topological polar surface area (TPSA) is 166 Å². The van der Waals surface area contributed by atoms with E-state index in [1.165, 1.54) is 23.2 Å². The Bertz CT molecular complexity index is 2380. The highest BCUT2D eigenvalue weighted by Crippen LogP contribution is 2.46. The van der Waals surface area contributed by atoms with Crippen molar-refractivity contribution >= 4 is 60.8 Å². The third-order valence-electron chi connectivity index (χ3n) is 10.7. The lowest BCUT2D eigenvalue weighted by molar-refractivity contribution is 0.107. The zero-order valence-electron chi connectivity index (χ0n) is 28.3. The molecule has 3 fully saturated rings. The van der Waals surface area contributed by atoms with Gasteiger partial charge in [-0.05, 0) is 49.9 Å². The van der Waals surface area contributed by atoms with Crippen LogP contribution < -0.4 is 15.4 Å². The minimum Gasteiger partial charge on any atom is -0.461 e. The van der Waals surface area contributed by atoms with Gasteiger partial charge in [0.1, 0.15) is 47.1 Å². The van der Waals surface area contributed by atoms with Gasteiger partial charge in [-0.25, -0.2) is 18.0 Å². The molecule has 5 aromatic rings. The highest BCUT2D eigenvalue weighted by molar-refractivity contribution is 7.23. The molecule has 6 heterocycles. The Morgan fingerprint density at radius 2 is 2.00 bits per heavy atom. The highest BCUT2D eigenvalue weighted by atomic mass is 35.5. The summed E-state index contributed by atoms with van der Waals surface area (Å²) in [5.74, 6) is -1.07. The largest absolute Gasteiger partial charge is 0.461 e. The minimum atomic E-state index is -0.977. The number of anilines is 2. The Balaban J connectivity index is 1.18. The molecule has 8 rings (SSSR count).